The van der Waals surface area contributed by atoms with Crippen LogP contribution in [0.25, 0.3) is 0 Å². The summed E-state index contributed by atoms with van der Waals surface area (Å²) in [5.41, 5.74) is 4.39. The summed E-state index contributed by atoms with van der Waals surface area (Å²) in [6.45, 7) is 3.70. The summed E-state index contributed by atoms with van der Waals surface area (Å²) in [6, 6.07) is 10.8. The van der Waals surface area contributed by atoms with Gasteiger partial charge in [0.15, 0.2) is 0 Å². The minimum absolute atomic E-state index is 0.0288. The number of carbonyl (C=O) groups is 1. The van der Waals surface area contributed by atoms with Crippen LogP contribution in [-0.2, 0) is 29.0 Å². The zero-order chi connectivity index (χ0) is 26.9. The normalized spacial score (nSPS) is 19.8. The first kappa shape index (κ1) is 26.7. The second-order valence-corrected chi connectivity index (χ2v) is 11.1. The fourth-order valence-corrected chi connectivity index (χ4v) is 5.80. The number of aliphatic carboxylic acids is 1. The smallest absolute Gasteiger partial charge is 0.416 e. The molecule has 2 saturated carbocycles. The standard InChI is InChI=1S/C30H35F3N2O3/c1-19(23-10-11-24(27(14-23)22-8-9-22)15-35-16-25(17-35)29(36)37)34-38-18-20-7-12-26(21-5-3-2-4-6-21)28(13-20)30(31,32)33/h7,10-14,21-22,25H,2-6,8-9,15-18H2,1H3,(H,36,37)/b34-19+. The van der Waals surface area contributed by atoms with Crippen LogP contribution in [0.2, 0.25) is 0 Å². The van der Waals surface area contributed by atoms with E-state index in [1.165, 1.54) is 17.2 Å². The summed E-state index contributed by atoms with van der Waals surface area (Å²) in [5, 5.41) is 13.3. The molecule has 8 heteroatoms. The Morgan fingerprint density at radius 3 is 2.37 bits per heavy atom. The molecule has 204 valence electrons. The van der Waals surface area contributed by atoms with Crippen LogP contribution in [0.4, 0.5) is 13.2 Å². The topological polar surface area (TPSA) is 62.1 Å². The average molecular weight is 529 g/mol. The van der Waals surface area contributed by atoms with Crippen molar-refractivity contribution in [2.45, 2.75) is 83.0 Å². The maximum atomic E-state index is 13.9. The van der Waals surface area contributed by atoms with E-state index >= 15 is 0 Å². The highest BCUT2D eigenvalue weighted by atomic mass is 19.4. The van der Waals surface area contributed by atoms with E-state index in [1.54, 1.807) is 12.1 Å². The molecular formula is C30H35F3N2O3. The Labute approximate surface area is 221 Å². The molecule has 2 aromatic rings. The quantitative estimate of drug-likeness (QED) is 0.279. The van der Waals surface area contributed by atoms with E-state index in [-0.39, 0.29) is 18.4 Å². The van der Waals surface area contributed by atoms with Gasteiger partial charge in [0.25, 0.3) is 0 Å². The minimum Gasteiger partial charge on any atom is -0.481 e. The largest absolute Gasteiger partial charge is 0.481 e. The Morgan fingerprint density at radius 1 is 1.00 bits per heavy atom. The summed E-state index contributed by atoms with van der Waals surface area (Å²) >= 11 is 0. The van der Waals surface area contributed by atoms with Crippen LogP contribution in [0.15, 0.2) is 41.6 Å². The van der Waals surface area contributed by atoms with Crippen molar-refractivity contribution in [2.75, 3.05) is 13.1 Å². The summed E-state index contributed by atoms with van der Waals surface area (Å²) < 4.78 is 41.6. The molecule has 2 aromatic carbocycles. The molecular weight excluding hydrogens is 493 g/mol. The van der Waals surface area contributed by atoms with E-state index in [1.807, 2.05) is 13.0 Å². The van der Waals surface area contributed by atoms with Gasteiger partial charge in [0.1, 0.15) is 6.61 Å². The molecule has 5 rings (SSSR count). The third kappa shape index (κ3) is 6.22. The number of halogens is 3. The van der Waals surface area contributed by atoms with Crippen LogP contribution in [0.5, 0.6) is 0 Å². The van der Waals surface area contributed by atoms with Crippen molar-refractivity contribution >= 4 is 11.7 Å². The summed E-state index contributed by atoms with van der Waals surface area (Å²) in [6.07, 6.45) is 2.56. The third-order valence-corrected chi connectivity index (χ3v) is 8.18. The fourth-order valence-electron chi connectivity index (χ4n) is 5.80. The highest BCUT2D eigenvalue weighted by Gasteiger charge is 2.36. The third-order valence-electron chi connectivity index (χ3n) is 8.18. The molecule has 1 saturated heterocycles. The van der Waals surface area contributed by atoms with Crippen LogP contribution in [-0.4, -0.2) is 34.8 Å². The van der Waals surface area contributed by atoms with E-state index in [0.717, 1.165) is 57.1 Å². The van der Waals surface area contributed by atoms with E-state index in [4.69, 9.17) is 9.94 Å². The average Bonchev–Trinajstić information content (AvgIpc) is 3.71. The van der Waals surface area contributed by atoms with Crippen LogP contribution in [0, 0.1) is 5.92 Å². The molecule has 0 spiro atoms. The lowest BCUT2D eigenvalue weighted by Gasteiger charge is -2.37. The van der Waals surface area contributed by atoms with Gasteiger partial charge in [0, 0.05) is 19.6 Å². The molecule has 0 aromatic heterocycles. The molecule has 1 heterocycles. The van der Waals surface area contributed by atoms with Crippen molar-refractivity contribution < 1.29 is 27.9 Å². The van der Waals surface area contributed by atoms with Gasteiger partial charge >= 0.3 is 12.1 Å². The van der Waals surface area contributed by atoms with Crippen LogP contribution >= 0.6 is 0 Å². The molecule has 5 nitrogen and oxygen atoms in total. The minimum atomic E-state index is -4.40. The summed E-state index contributed by atoms with van der Waals surface area (Å²) in [7, 11) is 0. The first-order valence-corrected chi connectivity index (χ1v) is 13.6. The van der Waals surface area contributed by atoms with Crippen molar-refractivity contribution in [3.63, 3.8) is 0 Å². The molecule has 0 bridgehead atoms. The van der Waals surface area contributed by atoms with Crippen molar-refractivity contribution in [3.8, 4) is 0 Å². The van der Waals surface area contributed by atoms with Crippen LogP contribution in [0.1, 0.15) is 97.1 Å². The van der Waals surface area contributed by atoms with Crippen molar-refractivity contribution in [1.82, 2.24) is 4.90 Å². The van der Waals surface area contributed by atoms with Gasteiger partial charge in [0.2, 0.25) is 0 Å². The lowest BCUT2D eigenvalue weighted by Crippen LogP contribution is -2.49. The van der Waals surface area contributed by atoms with Gasteiger partial charge in [0.05, 0.1) is 17.2 Å². The van der Waals surface area contributed by atoms with E-state index in [0.29, 0.717) is 35.8 Å². The molecule has 1 aliphatic heterocycles. The van der Waals surface area contributed by atoms with Crippen molar-refractivity contribution in [3.05, 3.63) is 69.8 Å². The Bertz CT molecular complexity index is 1190. The second kappa shape index (κ2) is 11.1. The Hall–Kier alpha value is -2.87. The molecule has 0 atom stereocenters. The summed E-state index contributed by atoms with van der Waals surface area (Å²) in [4.78, 5) is 18.8. The molecule has 38 heavy (non-hydrogen) atoms. The first-order chi connectivity index (χ1) is 18.2. The number of rotatable bonds is 9. The van der Waals surface area contributed by atoms with E-state index < -0.39 is 17.7 Å². The zero-order valence-electron chi connectivity index (χ0n) is 21.8. The molecule has 3 aliphatic rings. The lowest BCUT2D eigenvalue weighted by molar-refractivity contribution is -0.147. The molecule has 2 aliphatic carbocycles. The van der Waals surface area contributed by atoms with E-state index in [2.05, 4.69) is 22.2 Å². The number of hydrogen-bond acceptors (Lipinski definition) is 4. The maximum absolute atomic E-state index is 13.9. The lowest BCUT2D eigenvalue weighted by atomic mass is 9.81. The van der Waals surface area contributed by atoms with E-state index in [9.17, 15) is 18.0 Å². The number of hydrogen-bond donors (Lipinski definition) is 1. The molecule has 3 fully saturated rings. The molecule has 0 unspecified atom stereocenters. The van der Waals surface area contributed by atoms with Gasteiger partial charge in [-0.15, -0.1) is 0 Å². The first-order valence-electron chi connectivity index (χ1n) is 13.6. The Kier molecular flexibility index (Phi) is 7.80. The molecule has 1 N–H and O–H groups in total. The van der Waals surface area contributed by atoms with Gasteiger partial charge in [-0.25, -0.2) is 0 Å². The van der Waals surface area contributed by atoms with Gasteiger partial charge in [-0.05, 0) is 84.4 Å². The van der Waals surface area contributed by atoms with Gasteiger partial charge in [-0.3, -0.25) is 9.69 Å². The number of nitrogens with zero attached hydrogens (tertiary/aromatic N) is 2. The van der Waals surface area contributed by atoms with Crippen molar-refractivity contribution in [2.24, 2.45) is 11.1 Å². The second-order valence-electron chi connectivity index (χ2n) is 11.1. The number of carboxylic acid groups (broad SMARTS) is 1. The van der Waals surface area contributed by atoms with Crippen LogP contribution in [0.3, 0.4) is 0 Å². The van der Waals surface area contributed by atoms with Gasteiger partial charge in [-0.1, -0.05) is 48.7 Å². The van der Waals surface area contributed by atoms with Crippen LogP contribution < -0.4 is 0 Å². The molecule has 0 radical (unpaired) electrons. The Balaban J connectivity index is 1.25. The SMILES string of the molecule is C/C(=N\OCc1ccc(C2CCCCC2)c(C(F)(F)F)c1)c1ccc(CN2CC(C(=O)O)C2)c(C2CC2)c1. The number of carboxylic acids is 1. The number of alkyl halides is 3. The maximum Gasteiger partial charge on any atom is 0.416 e. The van der Waals surface area contributed by atoms with Gasteiger partial charge < -0.3 is 9.94 Å². The summed E-state index contributed by atoms with van der Waals surface area (Å²) in [5.74, 6) is -0.529. The number of oxime groups is 1. The molecule has 0 amide bonds. The number of benzene rings is 2. The predicted molar refractivity (Wildman–Crippen MR) is 139 cm³/mol. The highest BCUT2D eigenvalue weighted by Crippen LogP contribution is 2.43. The highest BCUT2D eigenvalue weighted by molar-refractivity contribution is 5.98. The fraction of sp³-hybridized carbons (Fsp3) is 0.533. The predicted octanol–water partition coefficient (Wildman–Crippen LogP) is 7.09. The number of likely N-dealkylation sites (tertiary alicyclic amines) is 1. The zero-order valence-corrected chi connectivity index (χ0v) is 21.8. The monoisotopic (exact) mass is 528 g/mol. The Morgan fingerprint density at radius 2 is 1.71 bits per heavy atom. The van der Waals surface area contributed by atoms with Gasteiger partial charge in [-0.2, -0.15) is 13.2 Å². The van der Waals surface area contributed by atoms with Crippen molar-refractivity contribution in [1.29, 1.82) is 0 Å².